The molecular weight excluding hydrogens is 281 g/mol. The molecule has 0 fully saturated rings. The molecule has 0 aliphatic rings. The number of aliphatic hydroxyl groups excluding tert-OH is 1. The number of aryl methyl sites for hydroxylation is 2. The largest absolute Gasteiger partial charge is 0.383 e. The summed E-state index contributed by atoms with van der Waals surface area (Å²) in [5, 5.41) is 14.2. The lowest BCUT2D eigenvalue weighted by atomic mass is 10.0. The number of nitrogens with zero attached hydrogens (tertiary/aromatic N) is 2. The lowest BCUT2D eigenvalue weighted by Gasteiger charge is -2.12. The van der Waals surface area contributed by atoms with Gasteiger partial charge in [-0.15, -0.1) is 0 Å². The normalized spacial score (nSPS) is 12.8. The van der Waals surface area contributed by atoms with Gasteiger partial charge in [-0.05, 0) is 13.0 Å². The molecule has 0 aliphatic carbocycles. The molecule has 0 spiro atoms. The van der Waals surface area contributed by atoms with Gasteiger partial charge in [0.15, 0.2) is 17.5 Å². The SMILES string of the molecule is Cc1nn(C)c(Cl)c1C(O)c1ccc(F)c(F)c1F. The van der Waals surface area contributed by atoms with E-state index >= 15 is 0 Å². The van der Waals surface area contributed by atoms with Crippen LogP contribution in [0.1, 0.15) is 22.9 Å². The maximum absolute atomic E-state index is 13.6. The molecule has 0 radical (unpaired) electrons. The average Bonchev–Trinajstić information content (AvgIpc) is 2.60. The van der Waals surface area contributed by atoms with Gasteiger partial charge in [0.05, 0.1) is 5.69 Å². The first kappa shape index (κ1) is 13.9. The number of hydrogen-bond acceptors (Lipinski definition) is 2. The minimum atomic E-state index is -1.63. The molecule has 1 aromatic heterocycles. The fraction of sp³-hybridized carbons (Fsp3) is 0.250. The Morgan fingerprint density at radius 1 is 1.26 bits per heavy atom. The monoisotopic (exact) mass is 290 g/mol. The van der Waals surface area contributed by atoms with Gasteiger partial charge in [-0.3, -0.25) is 4.68 Å². The van der Waals surface area contributed by atoms with Gasteiger partial charge in [0.2, 0.25) is 0 Å². The summed E-state index contributed by atoms with van der Waals surface area (Å²) < 4.78 is 40.9. The van der Waals surface area contributed by atoms with E-state index in [1.807, 2.05) is 0 Å². The standard InChI is InChI=1S/C12H10ClF3N2O/c1-5-8(12(13)18(2)17-5)11(19)6-3-4-7(14)10(16)9(6)15/h3-4,11,19H,1-2H3. The zero-order valence-electron chi connectivity index (χ0n) is 10.1. The Bertz CT molecular complexity index is 642. The van der Waals surface area contributed by atoms with Gasteiger partial charge in [-0.2, -0.15) is 5.10 Å². The van der Waals surface area contributed by atoms with Crippen LogP contribution in [0.3, 0.4) is 0 Å². The van der Waals surface area contributed by atoms with E-state index in [1.54, 1.807) is 14.0 Å². The summed E-state index contributed by atoms with van der Waals surface area (Å²) in [5.74, 6) is -4.39. The van der Waals surface area contributed by atoms with E-state index in [1.165, 1.54) is 4.68 Å². The van der Waals surface area contributed by atoms with Gasteiger partial charge in [0.1, 0.15) is 11.3 Å². The van der Waals surface area contributed by atoms with E-state index in [2.05, 4.69) is 5.10 Å². The number of hydrogen-bond donors (Lipinski definition) is 1. The highest BCUT2D eigenvalue weighted by Crippen LogP contribution is 2.32. The van der Waals surface area contributed by atoms with Gasteiger partial charge >= 0.3 is 0 Å². The molecule has 0 saturated carbocycles. The molecular formula is C12H10ClF3N2O. The van der Waals surface area contributed by atoms with E-state index in [0.717, 1.165) is 12.1 Å². The van der Waals surface area contributed by atoms with Crippen molar-refractivity contribution in [1.82, 2.24) is 9.78 Å². The van der Waals surface area contributed by atoms with Crippen LogP contribution in [0.5, 0.6) is 0 Å². The van der Waals surface area contributed by atoms with Crippen molar-refractivity contribution in [2.24, 2.45) is 7.05 Å². The third-order valence-corrected chi connectivity index (χ3v) is 3.28. The predicted molar refractivity (Wildman–Crippen MR) is 63.3 cm³/mol. The van der Waals surface area contributed by atoms with Crippen molar-refractivity contribution < 1.29 is 18.3 Å². The molecule has 0 saturated heterocycles. The Labute approximate surface area is 112 Å². The fourth-order valence-electron chi connectivity index (χ4n) is 1.86. The third-order valence-electron chi connectivity index (χ3n) is 2.83. The van der Waals surface area contributed by atoms with Crippen molar-refractivity contribution >= 4 is 11.6 Å². The van der Waals surface area contributed by atoms with E-state index in [9.17, 15) is 18.3 Å². The van der Waals surface area contributed by atoms with Crippen LogP contribution in [0, 0.1) is 24.4 Å². The highest BCUT2D eigenvalue weighted by Gasteiger charge is 2.25. The summed E-state index contributed by atoms with van der Waals surface area (Å²) in [6, 6.07) is 1.72. The molecule has 3 nitrogen and oxygen atoms in total. The molecule has 0 amide bonds. The maximum Gasteiger partial charge on any atom is 0.194 e. The summed E-state index contributed by atoms with van der Waals surface area (Å²) in [7, 11) is 1.55. The molecule has 0 bridgehead atoms. The first-order chi connectivity index (χ1) is 8.84. The van der Waals surface area contributed by atoms with Crippen molar-refractivity contribution in [2.45, 2.75) is 13.0 Å². The number of halogens is 4. The molecule has 1 aromatic carbocycles. The number of aliphatic hydroxyl groups is 1. The van der Waals surface area contributed by atoms with Crippen molar-refractivity contribution in [1.29, 1.82) is 0 Å². The molecule has 1 heterocycles. The molecule has 1 N–H and O–H groups in total. The van der Waals surface area contributed by atoms with Crippen molar-refractivity contribution in [2.75, 3.05) is 0 Å². The summed E-state index contributed by atoms with van der Waals surface area (Å²) in [6.45, 7) is 1.57. The van der Waals surface area contributed by atoms with Gasteiger partial charge in [0, 0.05) is 18.2 Å². The van der Waals surface area contributed by atoms with Gasteiger partial charge in [0.25, 0.3) is 0 Å². The molecule has 1 atom stereocenters. The second-order valence-electron chi connectivity index (χ2n) is 4.08. The van der Waals surface area contributed by atoms with Crippen LogP contribution in [0.4, 0.5) is 13.2 Å². The van der Waals surface area contributed by atoms with Crippen LogP contribution >= 0.6 is 11.6 Å². The Morgan fingerprint density at radius 3 is 2.42 bits per heavy atom. The van der Waals surface area contributed by atoms with Crippen LogP contribution in [0.2, 0.25) is 5.15 Å². The lowest BCUT2D eigenvalue weighted by molar-refractivity contribution is 0.212. The van der Waals surface area contributed by atoms with E-state index in [-0.39, 0.29) is 10.7 Å². The predicted octanol–water partition coefficient (Wildman–Crippen LogP) is 2.88. The maximum atomic E-state index is 13.6. The Morgan fingerprint density at radius 2 is 1.89 bits per heavy atom. The third kappa shape index (κ3) is 2.21. The zero-order valence-corrected chi connectivity index (χ0v) is 10.8. The van der Waals surface area contributed by atoms with Crippen molar-refractivity contribution in [3.63, 3.8) is 0 Å². The van der Waals surface area contributed by atoms with E-state index in [0.29, 0.717) is 5.69 Å². The smallest absolute Gasteiger partial charge is 0.194 e. The quantitative estimate of drug-likeness (QED) is 0.864. The highest BCUT2D eigenvalue weighted by molar-refractivity contribution is 6.30. The number of aromatic nitrogens is 2. The molecule has 102 valence electrons. The molecule has 7 heteroatoms. The lowest BCUT2D eigenvalue weighted by Crippen LogP contribution is -2.07. The van der Waals surface area contributed by atoms with Crippen LogP contribution in [0.25, 0.3) is 0 Å². The summed E-state index contributed by atoms with van der Waals surface area (Å²) in [6.07, 6.45) is -1.52. The van der Waals surface area contributed by atoms with Crippen LogP contribution in [-0.4, -0.2) is 14.9 Å². The van der Waals surface area contributed by atoms with Gasteiger partial charge in [-0.1, -0.05) is 17.7 Å². The van der Waals surface area contributed by atoms with E-state index < -0.39 is 29.1 Å². The van der Waals surface area contributed by atoms with Gasteiger partial charge < -0.3 is 5.11 Å². The van der Waals surface area contributed by atoms with Crippen LogP contribution < -0.4 is 0 Å². The summed E-state index contributed by atoms with van der Waals surface area (Å²) in [5.41, 5.74) is 0.148. The zero-order chi connectivity index (χ0) is 14.3. The number of rotatable bonds is 2. The second kappa shape index (κ2) is 4.86. The van der Waals surface area contributed by atoms with E-state index in [4.69, 9.17) is 11.6 Å². The summed E-state index contributed by atoms with van der Waals surface area (Å²) in [4.78, 5) is 0. The Hall–Kier alpha value is -1.53. The van der Waals surface area contributed by atoms with Crippen molar-refractivity contribution in [3.05, 3.63) is 51.6 Å². The van der Waals surface area contributed by atoms with Crippen molar-refractivity contribution in [3.8, 4) is 0 Å². The average molecular weight is 291 g/mol. The Balaban J connectivity index is 2.56. The first-order valence-electron chi connectivity index (χ1n) is 5.35. The van der Waals surface area contributed by atoms with Crippen LogP contribution in [0.15, 0.2) is 12.1 Å². The molecule has 0 aliphatic heterocycles. The molecule has 2 rings (SSSR count). The topological polar surface area (TPSA) is 38.0 Å². The second-order valence-corrected chi connectivity index (χ2v) is 4.44. The minimum Gasteiger partial charge on any atom is -0.383 e. The highest BCUT2D eigenvalue weighted by atomic mass is 35.5. The van der Waals surface area contributed by atoms with Gasteiger partial charge in [-0.25, -0.2) is 13.2 Å². The Kier molecular flexibility index (Phi) is 3.56. The van der Waals surface area contributed by atoms with Crippen LogP contribution in [-0.2, 0) is 7.05 Å². The molecule has 19 heavy (non-hydrogen) atoms. The minimum absolute atomic E-state index is 0.106. The summed E-state index contributed by atoms with van der Waals surface area (Å²) >= 11 is 5.93. The number of benzene rings is 1. The first-order valence-corrected chi connectivity index (χ1v) is 5.72. The fourth-order valence-corrected chi connectivity index (χ4v) is 2.14. The molecule has 1 unspecified atom stereocenters. The molecule has 2 aromatic rings.